The standard InChI is InChI=1S/C18H35N3/c1-15(2)13-21(17-9-6-7-10-17)12-8-11-18(5,14-19)20-16(3)4/h15-17,20H,6-13H2,1-5H3. The van der Waals surface area contributed by atoms with Crippen LogP contribution in [0.4, 0.5) is 0 Å². The van der Waals surface area contributed by atoms with Gasteiger partial charge in [0.1, 0.15) is 5.54 Å². The summed E-state index contributed by atoms with van der Waals surface area (Å²) in [4.78, 5) is 2.69. The molecule has 0 aromatic carbocycles. The molecule has 0 aliphatic heterocycles. The van der Waals surface area contributed by atoms with Gasteiger partial charge >= 0.3 is 0 Å². The molecule has 21 heavy (non-hydrogen) atoms. The molecule has 1 aliphatic rings. The molecule has 0 radical (unpaired) electrons. The van der Waals surface area contributed by atoms with E-state index in [0.29, 0.717) is 6.04 Å². The van der Waals surface area contributed by atoms with Gasteiger partial charge in [-0.1, -0.05) is 26.7 Å². The molecule has 3 heteroatoms. The van der Waals surface area contributed by atoms with E-state index in [0.717, 1.165) is 31.3 Å². The first-order valence-electron chi connectivity index (χ1n) is 8.79. The fraction of sp³-hybridized carbons (Fsp3) is 0.944. The predicted molar refractivity (Wildman–Crippen MR) is 90.2 cm³/mol. The summed E-state index contributed by atoms with van der Waals surface area (Å²) in [7, 11) is 0. The number of nitrogens with one attached hydrogen (secondary N) is 1. The molecule has 1 aliphatic carbocycles. The van der Waals surface area contributed by atoms with Crippen molar-refractivity contribution < 1.29 is 0 Å². The van der Waals surface area contributed by atoms with E-state index in [1.165, 1.54) is 32.2 Å². The molecule has 1 unspecified atom stereocenters. The molecule has 0 spiro atoms. The zero-order valence-electron chi connectivity index (χ0n) is 14.8. The molecule has 0 aromatic heterocycles. The maximum Gasteiger partial charge on any atom is 0.104 e. The van der Waals surface area contributed by atoms with Gasteiger partial charge in [0.2, 0.25) is 0 Å². The van der Waals surface area contributed by atoms with Crippen molar-refractivity contribution in [2.45, 2.75) is 90.8 Å². The summed E-state index contributed by atoms with van der Waals surface area (Å²) in [5.41, 5.74) is -0.382. The summed E-state index contributed by atoms with van der Waals surface area (Å²) >= 11 is 0. The van der Waals surface area contributed by atoms with Crippen LogP contribution in [0.5, 0.6) is 0 Å². The van der Waals surface area contributed by atoms with Gasteiger partial charge < -0.3 is 4.90 Å². The molecule has 0 heterocycles. The van der Waals surface area contributed by atoms with Crippen LogP contribution in [0.2, 0.25) is 0 Å². The molecule has 0 aromatic rings. The minimum absolute atomic E-state index is 0.358. The van der Waals surface area contributed by atoms with Crippen molar-refractivity contribution in [2.24, 2.45) is 5.92 Å². The first kappa shape index (κ1) is 18.5. The molecule has 3 nitrogen and oxygen atoms in total. The van der Waals surface area contributed by atoms with Crippen LogP contribution in [-0.2, 0) is 0 Å². The Bertz CT molecular complexity index is 326. The fourth-order valence-electron chi connectivity index (χ4n) is 3.59. The monoisotopic (exact) mass is 293 g/mol. The van der Waals surface area contributed by atoms with Gasteiger partial charge in [-0.25, -0.2) is 0 Å². The number of hydrogen-bond donors (Lipinski definition) is 1. The summed E-state index contributed by atoms with van der Waals surface area (Å²) < 4.78 is 0. The normalized spacial score (nSPS) is 19.4. The van der Waals surface area contributed by atoms with Crippen molar-refractivity contribution in [1.29, 1.82) is 5.26 Å². The Kier molecular flexibility index (Phi) is 7.70. The average molecular weight is 293 g/mol. The summed E-state index contributed by atoms with van der Waals surface area (Å²) in [6.45, 7) is 13.2. The van der Waals surface area contributed by atoms with E-state index in [1.54, 1.807) is 0 Å². The molecule has 1 fully saturated rings. The summed E-state index contributed by atoms with van der Waals surface area (Å²) in [6.07, 6.45) is 7.56. The Labute approximate surface area is 132 Å². The second-order valence-electron chi connectivity index (χ2n) is 7.67. The SMILES string of the molecule is CC(C)CN(CCCC(C)(C#N)NC(C)C)C1CCCC1. The number of rotatable bonds is 9. The van der Waals surface area contributed by atoms with E-state index >= 15 is 0 Å². The highest BCUT2D eigenvalue weighted by Crippen LogP contribution is 2.25. The Morgan fingerprint density at radius 3 is 2.33 bits per heavy atom. The van der Waals surface area contributed by atoms with Gasteiger partial charge in [-0.15, -0.1) is 0 Å². The Hall–Kier alpha value is -0.590. The lowest BCUT2D eigenvalue weighted by atomic mass is 9.96. The Morgan fingerprint density at radius 2 is 1.86 bits per heavy atom. The van der Waals surface area contributed by atoms with Gasteiger partial charge in [0, 0.05) is 18.6 Å². The highest BCUT2D eigenvalue weighted by molar-refractivity contribution is 5.04. The highest BCUT2D eigenvalue weighted by atomic mass is 15.2. The summed E-state index contributed by atoms with van der Waals surface area (Å²) in [5.74, 6) is 0.724. The van der Waals surface area contributed by atoms with Crippen molar-refractivity contribution in [3.8, 4) is 6.07 Å². The molecule has 122 valence electrons. The number of nitriles is 1. The molecular formula is C18H35N3. The largest absolute Gasteiger partial charge is 0.300 e. The third-order valence-electron chi connectivity index (χ3n) is 4.42. The maximum absolute atomic E-state index is 9.43. The third-order valence-corrected chi connectivity index (χ3v) is 4.42. The number of hydrogen-bond acceptors (Lipinski definition) is 3. The average Bonchev–Trinajstić information content (AvgIpc) is 2.90. The molecule has 1 rings (SSSR count). The lowest BCUT2D eigenvalue weighted by Gasteiger charge is -2.32. The highest BCUT2D eigenvalue weighted by Gasteiger charge is 2.26. The van der Waals surface area contributed by atoms with Crippen molar-refractivity contribution in [1.82, 2.24) is 10.2 Å². The lowest BCUT2D eigenvalue weighted by Crippen LogP contribution is -2.45. The second-order valence-corrected chi connectivity index (χ2v) is 7.67. The molecule has 0 saturated heterocycles. The second kappa shape index (κ2) is 8.76. The van der Waals surface area contributed by atoms with Crippen molar-refractivity contribution in [2.75, 3.05) is 13.1 Å². The van der Waals surface area contributed by atoms with E-state index in [2.05, 4.69) is 44.0 Å². The first-order valence-corrected chi connectivity index (χ1v) is 8.79. The zero-order valence-corrected chi connectivity index (χ0v) is 14.8. The van der Waals surface area contributed by atoms with Gasteiger partial charge in [0.05, 0.1) is 6.07 Å². The third kappa shape index (κ3) is 6.80. The van der Waals surface area contributed by atoms with Crippen LogP contribution in [0.3, 0.4) is 0 Å². The van der Waals surface area contributed by atoms with Gasteiger partial charge in [-0.2, -0.15) is 5.26 Å². The topological polar surface area (TPSA) is 39.1 Å². The van der Waals surface area contributed by atoms with Gasteiger partial charge in [0.25, 0.3) is 0 Å². The van der Waals surface area contributed by atoms with Crippen LogP contribution in [0, 0.1) is 17.2 Å². The van der Waals surface area contributed by atoms with Crippen LogP contribution in [0.1, 0.15) is 73.1 Å². The molecule has 1 saturated carbocycles. The molecule has 0 amide bonds. The van der Waals surface area contributed by atoms with Crippen molar-refractivity contribution in [3.63, 3.8) is 0 Å². The molecular weight excluding hydrogens is 258 g/mol. The zero-order chi connectivity index (χ0) is 15.9. The summed E-state index contributed by atoms with van der Waals surface area (Å²) in [6, 6.07) is 3.61. The van der Waals surface area contributed by atoms with Gasteiger partial charge in [-0.3, -0.25) is 5.32 Å². The molecule has 1 atom stereocenters. The van der Waals surface area contributed by atoms with E-state index in [9.17, 15) is 5.26 Å². The molecule has 1 N–H and O–H groups in total. The maximum atomic E-state index is 9.43. The lowest BCUT2D eigenvalue weighted by molar-refractivity contribution is 0.169. The first-order chi connectivity index (χ1) is 9.86. The Balaban J connectivity index is 2.46. The van der Waals surface area contributed by atoms with Crippen LogP contribution in [0.15, 0.2) is 0 Å². The van der Waals surface area contributed by atoms with E-state index in [1.807, 2.05) is 6.92 Å². The predicted octanol–water partition coefficient (Wildman–Crippen LogP) is 3.95. The van der Waals surface area contributed by atoms with Crippen LogP contribution < -0.4 is 5.32 Å². The van der Waals surface area contributed by atoms with E-state index < -0.39 is 0 Å². The van der Waals surface area contributed by atoms with Crippen LogP contribution in [0.25, 0.3) is 0 Å². The smallest absolute Gasteiger partial charge is 0.104 e. The van der Waals surface area contributed by atoms with E-state index in [-0.39, 0.29) is 5.54 Å². The van der Waals surface area contributed by atoms with Gasteiger partial charge in [-0.05, 0) is 58.9 Å². The van der Waals surface area contributed by atoms with E-state index in [4.69, 9.17) is 0 Å². The van der Waals surface area contributed by atoms with Crippen LogP contribution in [-0.4, -0.2) is 35.6 Å². The minimum atomic E-state index is -0.382. The van der Waals surface area contributed by atoms with Gasteiger partial charge in [0.15, 0.2) is 0 Å². The van der Waals surface area contributed by atoms with Crippen molar-refractivity contribution >= 4 is 0 Å². The quantitative estimate of drug-likeness (QED) is 0.699. The molecule has 0 bridgehead atoms. The Morgan fingerprint density at radius 1 is 1.24 bits per heavy atom. The number of nitrogens with zero attached hydrogens (tertiary/aromatic N) is 2. The van der Waals surface area contributed by atoms with Crippen LogP contribution >= 0.6 is 0 Å². The summed E-state index contributed by atoms with van der Waals surface area (Å²) in [5, 5.41) is 12.8. The van der Waals surface area contributed by atoms with Crippen molar-refractivity contribution in [3.05, 3.63) is 0 Å². The fourth-order valence-corrected chi connectivity index (χ4v) is 3.59. The minimum Gasteiger partial charge on any atom is -0.300 e.